The van der Waals surface area contributed by atoms with Crippen molar-refractivity contribution in [2.45, 2.75) is 44.4 Å². The number of likely N-dealkylation sites (N-methyl/N-ethyl adjacent to an activating group) is 1. The quantitative estimate of drug-likeness (QED) is 0.323. The van der Waals surface area contributed by atoms with Crippen molar-refractivity contribution < 1.29 is 27.2 Å². The van der Waals surface area contributed by atoms with Crippen molar-refractivity contribution in [1.82, 2.24) is 25.9 Å². The number of halogens is 4. The zero-order chi connectivity index (χ0) is 20.8. The Balaban J connectivity index is 3.40. The number of carbonyl (C=O) groups excluding carboxylic acids is 2. The van der Waals surface area contributed by atoms with E-state index in [2.05, 4.69) is 25.6 Å². The summed E-state index contributed by atoms with van der Waals surface area (Å²) in [6.45, 7) is 1.55. The number of hydrogen-bond acceptors (Lipinski definition) is 6. The number of nitrogens with two attached hydrogens (primary N) is 1. The van der Waals surface area contributed by atoms with Crippen LogP contribution in [0, 0.1) is 0 Å². The molecular weight excluding hydrogens is 376 g/mol. The number of carbonyl (C=O) groups is 2. The monoisotopic (exact) mass is 396 g/mol. The van der Waals surface area contributed by atoms with Crippen LogP contribution < -0.4 is 16.0 Å². The van der Waals surface area contributed by atoms with Crippen molar-refractivity contribution in [3.63, 3.8) is 0 Å². The fourth-order valence-corrected chi connectivity index (χ4v) is 2.31. The van der Waals surface area contributed by atoms with E-state index in [1.54, 1.807) is 12.2 Å². The number of aromatic amines is 1. The topological polar surface area (TPSA) is 142 Å². The minimum absolute atomic E-state index is 0.0428. The Kier molecular flexibility index (Phi) is 7.19. The van der Waals surface area contributed by atoms with E-state index in [9.17, 15) is 27.2 Å². The standard InChI is InChI=1S/C13H20F4N8O2/c1-4-5-7(19-8(18)6-14)12(2,20-9(26)13(15,16)17)10(27)25(3)11-21-23-24-22-11/h7H,4-6H2,1-3H3,(H2,18,19)(H,20,26)(H,21,22,23,24). The minimum Gasteiger partial charge on any atom is -0.385 e. The van der Waals surface area contributed by atoms with Gasteiger partial charge >= 0.3 is 12.1 Å². The maximum absolute atomic E-state index is 12.9. The highest BCUT2D eigenvalue weighted by Crippen LogP contribution is 2.25. The molecule has 1 heterocycles. The molecular formula is C13H20F4N8O2. The van der Waals surface area contributed by atoms with Gasteiger partial charge in [-0.1, -0.05) is 18.4 Å². The van der Waals surface area contributed by atoms with Gasteiger partial charge in [0.2, 0.25) is 0 Å². The molecule has 1 aromatic rings. The Hall–Kier alpha value is -2.80. The van der Waals surface area contributed by atoms with Gasteiger partial charge in [-0.3, -0.25) is 19.5 Å². The summed E-state index contributed by atoms with van der Waals surface area (Å²) >= 11 is 0. The van der Waals surface area contributed by atoms with Crippen LogP contribution in [0.15, 0.2) is 4.99 Å². The molecule has 152 valence electrons. The Bertz CT molecular complexity index is 678. The number of tetrazole rings is 1. The van der Waals surface area contributed by atoms with Gasteiger partial charge in [0.05, 0.1) is 6.04 Å². The second kappa shape index (κ2) is 8.73. The Labute approximate surface area is 151 Å². The van der Waals surface area contributed by atoms with Crippen LogP contribution in [0.4, 0.5) is 23.5 Å². The van der Waals surface area contributed by atoms with E-state index in [1.165, 1.54) is 7.05 Å². The summed E-state index contributed by atoms with van der Waals surface area (Å²) < 4.78 is 51.2. The molecule has 0 spiro atoms. The largest absolute Gasteiger partial charge is 0.471 e. The summed E-state index contributed by atoms with van der Waals surface area (Å²) in [5.74, 6) is -4.13. The SMILES string of the molecule is CCCC(N=C(N)CF)C(C)(NC(=O)C(F)(F)F)C(=O)N(C)c1nn[nH]n1. The van der Waals surface area contributed by atoms with E-state index in [-0.39, 0.29) is 12.4 Å². The number of nitrogens with one attached hydrogen (secondary N) is 2. The lowest BCUT2D eigenvalue weighted by Gasteiger charge is -2.37. The summed E-state index contributed by atoms with van der Waals surface area (Å²) in [5.41, 5.74) is 3.15. The van der Waals surface area contributed by atoms with E-state index >= 15 is 0 Å². The van der Waals surface area contributed by atoms with E-state index in [0.29, 0.717) is 6.42 Å². The molecule has 0 fully saturated rings. The third-order valence-corrected chi connectivity index (χ3v) is 3.70. The van der Waals surface area contributed by atoms with Gasteiger partial charge in [-0.05, 0) is 18.6 Å². The second-order valence-corrected chi connectivity index (χ2v) is 5.79. The molecule has 2 unspecified atom stereocenters. The summed E-state index contributed by atoms with van der Waals surface area (Å²) in [6.07, 6.45) is -4.84. The number of anilines is 1. The van der Waals surface area contributed by atoms with Crippen molar-refractivity contribution in [3.05, 3.63) is 0 Å². The van der Waals surface area contributed by atoms with E-state index < -0.39 is 42.1 Å². The normalized spacial score (nSPS) is 15.7. The fourth-order valence-electron chi connectivity index (χ4n) is 2.31. The summed E-state index contributed by atoms with van der Waals surface area (Å²) in [4.78, 5) is 29.1. The Morgan fingerprint density at radius 3 is 2.48 bits per heavy atom. The Morgan fingerprint density at radius 2 is 2.04 bits per heavy atom. The molecule has 2 atom stereocenters. The number of aromatic nitrogens is 4. The lowest BCUT2D eigenvalue weighted by atomic mass is 9.87. The molecule has 4 N–H and O–H groups in total. The average Bonchev–Trinajstić information content (AvgIpc) is 3.13. The number of aliphatic imine (C=N–C) groups is 1. The summed E-state index contributed by atoms with van der Waals surface area (Å²) in [5, 5.41) is 14.1. The van der Waals surface area contributed by atoms with Crippen molar-refractivity contribution >= 4 is 23.6 Å². The number of alkyl halides is 4. The van der Waals surface area contributed by atoms with Gasteiger partial charge in [0.1, 0.15) is 18.0 Å². The molecule has 0 aliphatic rings. The first-order chi connectivity index (χ1) is 12.5. The van der Waals surface area contributed by atoms with Gasteiger partial charge in [0.25, 0.3) is 11.9 Å². The first kappa shape index (κ1) is 22.2. The summed E-state index contributed by atoms with van der Waals surface area (Å²) in [7, 11) is 1.18. The first-order valence-corrected chi connectivity index (χ1v) is 7.76. The highest BCUT2D eigenvalue weighted by Gasteiger charge is 2.50. The van der Waals surface area contributed by atoms with Gasteiger partial charge in [-0.2, -0.15) is 18.4 Å². The molecule has 10 nitrogen and oxygen atoms in total. The number of H-pyrrole nitrogens is 1. The molecule has 0 saturated heterocycles. The number of hydrogen-bond donors (Lipinski definition) is 3. The average molecular weight is 396 g/mol. The van der Waals surface area contributed by atoms with Crippen LogP contribution in [-0.4, -0.2) is 69.8 Å². The lowest BCUT2D eigenvalue weighted by molar-refractivity contribution is -0.176. The van der Waals surface area contributed by atoms with Crippen LogP contribution in [0.3, 0.4) is 0 Å². The van der Waals surface area contributed by atoms with E-state index in [4.69, 9.17) is 5.73 Å². The minimum atomic E-state index is -5.25. The number of amides is 2. The van der Waals surface area contributed by atoms with E-state index in [1.807, 2.05) is 0 Å². The van der Waals surface area contributed by atoms with Crippen LogP contribution in [-0.2, 0) is 9.59 Å². The van der Waals surface area contributed by atoms with Crippen molar-refractivity contribution in [2.24, 2.45) is 10.7 Å². The van der Waals surface area contributed by atoms with Gasteiger partial charge in [0, 0.05) is 7.05 Å². The van der Waals surface area contributed by atoms with E-state index in [0.717, 1.165) is 11.8 Å². The molecule has 1 rings (SSSR count). The van der Waals surface area contributed by atoms with Crippen molar-refractivity contribution in [3.8, 4) is 0 Å². The molecule has 1 aromatic heterocycles. The van der Waals surface area contributed by atoms with Crippen LogP contribution in [0.25, 0.3) is 0 Å². The van der Waals surface area contributed by atoms with Gasteiger partial charge in [0.15, 0.2) is 0 Å². The number of nitrogens with zero attached hydrogens (tertiary/aromatic N) is 5. The molecule has 14 heteroatoms. The number of amidine groups is 1. The predicted molar refractivity (Wildman–Crippen MR) is 86.5 cm³/mol. The van der Waals surface area contributed by atoms with Crippen LogP contribution >= 0.6 is 0 Å². The zero-order valence-electron chi connectivity index (χ0n) is 14.8. The predicted octanol–water partition coefficient (Wildman–Crippen LogP) is 0.0951. The second-order valence-electron chi connectivity index (χ2n) is 5.79. The highest BCUT2D eigenvalue weighted by atomic mass is 19.4. The molecule has 0 saturated carbocycles. The molecule has 2 amide bonds. The molecule has 0 aliphatic heterocycles. The van der Waals surface area contributed by atoms with Gasteiger partial charge in [-0.25, -0.2) is 4.39 Å². The third-order valence-electron chi connectivity index (χ3n) is 3.70. The lowest BCUT2D eigenvalue weighted by Crippen LogP contribution is -2.65. The van der Waals surface area contributed by atoms with Crippen LogP contribution in [0.5, 0.6) is 0 Å². The maximum atomic E-state index is 12.9. The molecule has 0 bridgehead atoms. The first-order valence-electron chi connectivity index (χ1n) is 7.76. The zero-order valence-corrected chi connectivity index (χ0v) is 14.8. The smallest absolute Gasteiger partial charge is 0.385 e. The maximum Gasteiger partial charge on any atom is 0.471 e. The fraction of sp³-hybridized carbons (Fsp3) is 0.692. The molecule has 0 radical (unpaired) electrons. The number of rotatable bonds is 8. The van der Waals surface area contributed by atoms with Gasteiger partial charge < -0.3 is 11.1 Å². The molecule has 0 aliphatic carbocycles. The molecule has 0 aromatic carbocycles. The third kappa shape index (κ3) is 5.34. The van der Waals surface area contributed by atoms with Gasteiger partial charge in [-0.15, -0.1) is 5.10 Å². The Morgan fingerprint density at radius 1 is 1.41 bits per heavy atom. The van der Waals surface area contributed by atoms with Crippen LogP contribution in [0.2, 0.25) is 0 Å². The molecule has 27 heavy (non-hydrogen) atoms. The highest BCUT2D eigenvalue weighted by molar-refractivity contribution is 6.02. The van der Waals surface area contributed by atoms with Crippen LogP contribution in [0.1, 0.15) is 26.7 Å². The van der Waals surface area contributed by atoms with Crippen molar-refractivity contribution in [1.29, 1.82) is 0 Å². The van der Waals surface area contributed by atoms with Crippen molar-refractivity contribution in [2.75, 3.05) is 18.6 Å². The summed E-state index contributed by atoms with van der Waals surface area (Å²) in [6, 6.07) is -1.27.